The molecule has 1 heterocycles. The van der Waals surface area contributed by atoms with Crippen LogP contribution in [0.4, 0.5) is 5.69 Å². The highest BCUT2D eigenvalue weighted by atomic mass is 32.2. The van der Waals surface area contributed by atoms with Crippen LogP contribution in [0.5, 0.6) is 11.5 Å². The van der Waals surface area contributed by atoms with Crippen LogP contribution in [0.25, 0.3) is 16.3 Å². The number of nitro groups is 1. The molecule has 0 fully saturated rings. The lowest BCUT2D eigenvalue weighted by Crippen LogP contribution is -1.98. The van der Waals surface area contributed by atoms with Gasteiger partial charge in [-0.05, 0) is 65.4 Å². The monoisotopic (exact) mass is 475 g/mol. The van der Waals surface area contributed by atoms with Gasteiger partial charge < -0.3 is 9.47 Å². The highest BCUT2D eigenvalue weighted by Gasteiger charge is 2.10. The number of benzene rings is 3. The number of para-hydroxylation sites is 1. The zero-order valence-corrected chi connectivity index (χ0v) is 19.1. The lowest BCUT2D eigenvalue weighted by Gasteiger charge is -2.11. The fraction of sp³-hybridized carbons (Fsp3) is 0.0833. The summed E-state index contributed by atoms with van der Waals surface area (Å²) in [6, 6.07) is 21.7. The molecule has 4 aromatic rings. The predicted octanol–water partition coefficient (Wildman–Crippen LogP) is 6.45. The second-order valence-electron chi connectivity index (χ2n) is 6.79. The van der Waals surface area contributed by atoms with E-state index in [0.717, 1.165) is 25.7 Å². The second kappa shape index (κ2) is 10.2. The molecule has 7 nitrogen and oxygen atoms in total. The van der Waals surface area contributed by atoms with Crippen molar-refractivity contribution >= 4 is 45.1 Å². The van der Waals surface area contributed by atoms with Crippen LogP contribution in [-0.4, -0.2) is 17.0 Å². The van der Waals surface area contributed by atoms with Crippen LogP contribution in [-0.2, 0) is 6.61 Å². The van der Waals surface area contributed by atoms with Crippen molar-refractivity contribution in [3.8, 4) is 17.6 Å². The Morgan fingerprint density at radius 3 is 2.67 bits per heavy atom. The van der Waals surface area contributed by atoms with E-state index < -0.39 is 4.92 Å². The molecule has 0 N–H and O–H groups in total. The van der Waals surface area contributed by atoms with Crippen molar-refractivity contribution in [1.29, 1.82) is 5.26 Å². The first-order chi connectivity index (χ1) is 16.1. The average Bonchev–Trinajstić information content (AvgIpc) is 3.25. The van der Waals surface area contributed by atoms with Crippen molar-refractivity contribution in [2.24, 2.45) is 0 Å². The van der Waals surface area contributed by atoms with E-state index in [4.69, 9.17) is 9.47 Å². The molecule has 4 rings (SSSR count). The summed E-state index contributed by atoms with van der Waals surface area (Å²) in [6.45, 7) is 0.237. The first kappa shape index (κ1) is 22.3. The number of nitrogens with zero attached hydrogens (tertiary/aromatic N) is 3. The number of thioether (sulfide) groups is 1. The highest BCUT2D eigenvalue weighted by Crippen LogP contribution is 2.35. The van der Waals surface area contributed by atoms with E-state index in [-0.39, 0.29) is 12.3 Å². The van der Waals surface area contributed by atoms with E-state index in [2.05, 4.69) is 11.1 Å². The van der Waals surface area contributed by atoms with Gasteiger partial charge in [-0.15, -0.1) is 11.3 Å². The molecule has 0 spiro atoms. The van der Waals surface area contributed by atoms with Crippen LogP contribution in [0.1, 0.15) is 11.1 Å². The van der Waals surface area contributed by atoms with Crippen LogP contribution < -0.4 is 9.47 Å². The summed E-state index contributed by atoms with van der Waals surface area (Å²) in [5.74, 6) is 1.05. The molecule has 33 heavy (non-hydrogen) atoms. The Morgan fingerprint density at radius 2 is 1.97 bits per heavy atom. The molecule has 0 saturated carbocycles. The number of ether oxygens (including phenoxy) is 2. The van der Waals surface area contributed by atoms with E-state index in [9.17, 15) is 15.4 Å². The smallest absolute Gasteiger partial charge is 0.269 e. The molecule has 1 aromatic heterocycles. The maximum absolute atomic E-state index is 10.8. The molecule has 0 radical (unpaired) electrons. The van der Waals surface area contributed by atoms with E-state index in [1.54, 1.807) is 48.8 Å². The van der Waals surface area contributed by atoms with Gasteiger partial charge in [-0.3, -0.25) is 10.1 Å². The fourth-order valence-corrected chi connectivity index (χ4v) is 4.97. The largest absolute Gasteiger partial charge is 0.493 e. The molecule has 0 atom stereocenters. The van der Waals surface area contributed by atoms with Crippen molar-refractivity contribution < 1.29 is 14.4 Å². The number of nitriles is 1. The summed E-state index contributed by atoms with van der Waals surface area (Å²) in [4.78, 5) is 15.4. The van der Waals surface area contributed by atoms with Crippen LogP contribution >= 0.6 is 23.1 Å². The van der Waals surface area contributed by atoms with Crippen molar-refractivity contribution in [1.82, 2.24) is 4.98 Å². The van der Waals surface area contributed by atoms with Gasteiger partial charge >= 0.3 is 0 Å². The van der Waals surface area contributed by atoms with E-state index in [1.165, 1.54) is 23.9 Å². The summed E-state index contributed by atoms with van der Waals surface area (Å²) in [6.07, 6.45) is 1.78. The number of aromatic nitrogens is 1. The summed E-state index contributed by atoms with van der Waals surface area (Å²) < 4.78 is 13.2. The standard InChI is InChI=1S/C24H17N3O4S2/c1-30-22-13-17(8-11-21(22)31-15-16-6-9-18(10-7-16)27(28)29)12-19(14-25)32-24-26-20-4-2-3-5-23(20)33-24/h2-13H,15H2,1H3/b19-12+. The van der Waals surface area contributed by atoms with E-state index >= 15 is 0 Å². The molecule has 0 aliphatic rings. The molecule has 0 saturated heterocycles. The molecule has 0 amide bonds. The third-order valence-corrected chi connectivity index (χ3v) is 6.63. The molecule has 0 aliphatic heterocycles. The molecule has 0 aliphatic carbocycles. The number of fused-ring (bicyclic) bond motifs is 1. The fourth-order valence-electron chi connectivity index (χ4n) is 2.99. The van der Waals surface area contributed by atoms with E-state index in [1.807, 2.05) is 30.3 Å². The molecule has 3 aromatic carbocycles. The first-order valence-electron chi connectivity index (χ1n) is 9.75. The highest BCUT2D eigenvalue weighted by molar-refractivity contribution is 8.05. The Bertz CT molecular complexity index is 1340. The third kappa shape index (κ3) is 5.49. The molecular weight excluding hydrogens is 458 g/mol. The van der Waals surface area contributed by atoms with Gasteiger partial charge in [0.1, 0.15) is 12.7 Å². The van der Waals surface area contributed by atoms with Crippen LogP contribution in [0, 0.1) is 21.4 Å². The van der Waals surface area contributed by atoms with Crippen molar-refractivity contribution in [3.05, 3.63) is 92.9 Å². The Morgan fingerprint density at radius 1 is 1.18 bits per heavy atom. The van der Waals surface area contributed by atoms with Gasteiger partial charge in [0, 0.05) is 12.1 Å². The number of rotatable bonds is 8. The first-order valence-corrected chi connectivity index (χ1v) is 11.4. The van der Waals surface area contributed by atoms with Crippen molar-refractivity contribution in [3.63, 3.8) is 0 Å². The molecule has 0 bridgehead atoms. The maximum atomic E-state index is 10.8. The van der Waals surface area contributed by atoms with E-state index in [0.29, 0.717) is 16.4 Å². The van der Waals surface area contributed by atoms with Gasteiger partial charge in [0.2, 0.25) is 0 Å². The number of allylic oxidation sites excluding steroid dienone is 1. The third-order valence-electron chi connectivity index (χ3n) is 4.61. The van der Waals surface area contributed by atoms with Crippen LogP contribution in [0.2, 0.25) is 0 Å². The maximum Gasteiger partial charge on any atom is 0.269 e. The zero-order valence-electron chi connectivity index (χ0n) is 17.4. The second-order valence-corrected chi connectivity index (χ2v) is 9.11. The number of thiazole rings is 1. The number of hydrogen-bond donors (Lipinski definition) is 0. The molecule has 164 valence electrons. The van der Waals surface area contributed by atoms with Gasteiger partial charge in [0.25, 0.3) is 5.69 Å². The Hall–Kier alpha value is -3.87. The molecule has 9 heteroatoms. The SMILES string of the molecule is COc1cc(/C=C(\C#N)Sc2nc3ccccc3s2)ccc1OCc1ccc([N+](=O)[O-])cc1. The summed E-state index contributed by atoms with van der Waals surface area (Å²) in [5.41, 5.74) is 2.54. The zero-order chi connectivity index (χ0) is 23.2. The molecular formula is C24H17N3O4S2. The summed E-state index contributed by atoms with van der Waals surface area (Å²) in [7, 11) is 1.54. The minimum absolute atomic E-state index is 0.0319. The van der Waals surface area contributed by atoms with Crippen LogP contribution in [0.3, 0.4) is 0 Å². The van der Waals surface area contributed by atoms with Gasteiger partial charge in [-0.25, -0.2) is 4.98 Å². The normalized spacial score (nSPS) is 11.2. The quantitative estimate of drug-likeness (QED) is 0.125. The summed E-state index contributed by atoms with van der Waals surface area (Å²) >= 11 is 2.87. The number of non-ortho nitro benzene ring substituents is 1. The van der Waals surface area contributed by atoms with Crippen molar-refractivity contribution in [2.75, 3.05) is 7.11 Å². The predicted molar refractivity (Wildman–Crippen MR) is 129 cm³/mol. The number of hydrogen-bond acceptors (Lipinski definition) is 8. The Labute approximate surface area is 198 Å². The van der Waals surface area contributed by atoms with Crippen molar-refractivity contribution in [2.45, 2.75) is 10.9 Å². The summed E-state index contributed by atoms with van der Waals surface area (Å²) in [5, 5.41) is 20.4. The Kier molecular flexibility index (Phi) is 6.88. The van der Waals surface area contributed by atoms with Crippen LogP contribution in [0.15, 0.2) is 76.0 Å². The average molecular weight is 476 g/mol. The van der Waals surface area contributed by atoms with Gasteiger partial charge in [0.15, 0.2) is 15.8 Å². The van der Waals surface area contributed by atoms with Gasteiger partial charge in [-0.2, -0.15) is 5.26 Å². The minimum Gasteiger partial charge on any atom is -0.493 e. The molecule has 0 unspecified atom stereocenters. The van der Waals surface area contributed by atoms with Gasteiger partial charge in [-0.1, -0.05) is 18.2 Å². The lowest BCUT2D eigenvalue weighted by molar-refractivity contribution is -0.384. The number of nitro benzene ring substituents is 1. The minimum atomic E-state index is -0.440. The van der Waals surface area contributed by atoms with Gasteiger partial charge in [0.05, 0.1) is 27.2 Å². The number of methoxy groups -OCH3 is 1. The topological polar surface area (TPSA) is 98.3 Å². The Balaban J connectivity index is 1.48. The lowest BCUT2D eigenvalue weighted by atomic mass is 10.2.